The summed E-state index contributed by atoms with van der Waals surface area (Å²) in [5, 5.41) is 9.87. The number of pyridine rings is 1. The third-order valence-electron chi connectivity index (χ3n) is 2.80. The van der Waals surface area contributed by atoms with Crippen LogP contribution in [-0.2, 0) is 0 Å². The summed E-state index contributed by atoms with van der Waals surface area (Å²) in [4.78, 5) is 16.5. The van der Waals surface area contributed by atoms with E-state index in [-0.39, 0.29) is 5.91 Å². The number of hydrogen-bond donors (Lipinski definition) is 3. The van der Waals surface area contributed by atoms with Gasteiger partial charge in [0.05, 0.1) is 17.4 Å². The fourth-order valence-corrected chi connectivity index (χ4v) is 1.88. The fourth-order valence-electron chi connectivity index (χ4n) is 1.88. The van der Waals surface area contributed by atoms with Gasteiger partial charge in [-0.25, -0.2) is 0 Å². The fraction of sp³-hybridized carbons (Fsp3) is 0. The van der Waals surface area contributed by atoms with Crippen molar-refractivity contribution in [2.24, 2.45) is 0 Å². The van der Waals surface area contributed by atoms with Crippen molar-refractivity contribution >= 4 is 28.3 Å². The summed E-state index contributed by atoms with van der Waals surface area (Å²) in [6.45, 7) is 0. The molecule has 6 heteroatoms. The molecule has 0 fully saturated rings. The van der Waals surface area contributed by atoms with E-state index in [9.17, 15) is 4.79 Å². The van der Waals surface area contributed by atoms with Crippen LogP contribution in [0.2, 0.25) is 0 Å². The van der Waals surface area contributed by atoms with Crippen LogP contribution >= 0.6 is 0 Å². The molecule has 2 heterocycles. The standard InChI is InChI=1S/C13H11N5O/c14-10-7-16-18-12(10)17-13(19)9-3-1-5-11-8(9)4-2-6-15-11/h1-7H,14H2,(H2,16,17,18,19). The number of H-pyrrole nitrogens is 1. The summed E-state index contributed by atoms with van der Waals surface area (Å²) in [5.41, 5.74) is 7.37. The van der Waals surface area contributed by atoms with Crippen LogP contribution in [0.1, 0.15) is 10.4 Å². The second-order valence-electron chi connectivity index (χ2n) is 4.03. The predicted octanol–water partition coefficient (Wildman–Crippen LogP) is 1.79. The highest BCUT2D eigenvalue weighted by Gasteiger charge is 2.12. The lowest BCUT2D eigenvalue weighted by Gasteiger charge is -2.06. The maximum absolute atomic E-state index is 12.2. The monoisotopic (exact) mass is 253 g/mol. The summed E-state index contributed by atoms with van der Waals surface area (Å²) in [5.74, 6) is 0.139. The molecule has 6 nitrogen and oxygen atoms in total. The number of nitrogens with zero attached hydrogens (tertiary/aromatic N) is 2. The number of fused-ring (bicyclic) bond motifs is 1. The Kier molecular flexibility index (Phi) is 2.60. The average Bonchev–Trinajstić information content (AvgIpc) is 2.83. The summed E-state index contributed by atoms with van der Waals surface area (Å²) >= 11 is 0. The molecule has 0 aliphatic heterocycles. The van der Waals surface area contributed by atoms with Gasteiger partial charge in [0, 0.05) is 17.1 Å². The number of nitrogens with two attached hydrogens (primary N) is 1. The van der Waals surface area contributed by atoms with Gasteiger partial charge in [0.25, 0.3) is 5.91 Å². The second-order valence-corrected chi connectivity index (χ2v) is 4.03. The molecule has 0 aliphatic rings. The molecule has 0 spiro atoms. The average molecular weight is 253 g/mol. The van der Waals surface area contributed by atoms with E-state index >= 15 is 0 Å². The lowest BCUT2D eigenvalue weighted by molar-refractivity contribution is 0.102. The topological polar surface area (TPSA) is 96.7 Å². The molecule has 3 rings (SSSR count). The minimum Gasteiger partial charge on any atom is -0.394 e. The molecule has 1 aromatic carbocycles. The van der Waals surface area contributed by atoms with Gasteiger partial charge >= 0.3 is 0 Å². The van der Waals surface area contributed by atoms with Gasteiger partial charge in [-0.15, -0.1) is 0 Å². The Morgan fingerprint density at radius 2 is 2.16 bits per heavy atom. The Hall–Kier alpha value is -2.89. The lowest BCUT2D eigenvalue weighted by Crippen LogP contribution is -2.13. The first-order valence-corrected chi connectivity index (χ1v) is 5.69. The van der Waals surface area contributed by atoms with Crippen molar-refractivity contribution in [3.8, 4) is 0 Å². The molecule has 0 unspecified atom stereocenters. The molecular formula is C13H11N5O. The van der Waals surface area contributed by atoms with Gasteiger partial charge in [-0.3, -0.25) is 14.9 Å². The predicted molar refractivity (Wildman–Crippen MR) is 72.7 cm³/mol. The van der Waals surface area contributed by atoms with E-state index < -0.39 is 0 Å². The van der Waals surface area contributed by atoms with Crippen LogP contribution in [0.5, 0.6) is 0 Å². The van der Waals surface area contributed by atoms with Crippen LogP contribution < -0.4 is 11.1 Å². The molecule has 94 valence electrons. The van der Waals surface area contributed by atoms with Crippen LogP contribution in [-0.4, -0.2) is 21.1 Å². The number of nitrogen functional groups attached to an aromatic ring is 1. The summed E-state index contributed by atoms with van der Waals surface area (Å²) < 4.78 is 0. The van der Waals surface area contributed by atoms with Crippen molar-refractivity contribution in [2.75, 3.05) is 11.1 Å². The van der Waals surface area contributed by atoms with E-state index in [1.54, 1.807) is 24.4 Å². The van der Waals surface area contributed by atoms with Crippen molar-refractivity contribution in [1.29, 1.82) is 0 Å². The zero-order chi connectivity index (χ0) is 13.2. The first kappa shape index (κ1) is 11.2. The molecule has 0 aliphatic carbocycles. The highest BCUT2D eigenvalue weighted by Crippen LogP contribution is 2.19. The number of anilines is 2. The highest BCUT2D eigenvalue weighted by molar-refractivity contribution is 6.12. The van der Waals surface area contributed by atoms with E-state index in [0.717, 1.165) is 10.9 Å². The Morgan fingerprint density at radius 3 is 2.95 bits per heavy atom. The van der Waals surface area contributed by atoms with E-state index in [0.29, 0.717) is 17.1 Å². The van der Waals surface area contributed by atoms with Gasteiger partial charge in [-0.2, -0.15) is 5.10 Å². The quantitative estimate of drug-likeness (QED) is 0.648. The van der Waals surface area contributed by atoms with Gasteiger partial charge in [0.1, 0.15) is 0 Å². The smallest absolute Gasteiger partial charge is 0.257 e. The van der Waals surface area contributed by atoms with Crippen LogP contribution in [0.3, 0.4) is 0 Å². The van der Waals surface area contributed by atoms with Crippen LogP contribution in [0.4, 0.5) is 11.5 Å². The SMILES string of the molecule is Nc1cn[nH]c1NC(=O)c1cccc2ncccc12. The van der Waals surface area contributed by atoms with Gasteiger partial charge in [-0.1, -0.05) is 12.1 Å². The number of amides is 1. The zero-order valence-corrected chi connectivity index (χ0v) is 9.92. The van der Waals surface area contributed by atoms with E-state index in [1.165, 1.54) is 6.20 Å². The molecule has 1 amide bonds. The highest BCUT2D eigenvalue weighted by atomic mass is 16.1. The zero-order valence-electron chi connectivity index (χ0n) is 9.92. The van der Waals surface area contributed by atoms with E-state index in [4.69, 9.17) is 5.73 Å². The Bertz CT molecular complexity index is 744. The molecule has 0 radical (unpaired) electrons. The number of benzene rings is 1. The van der Waals surface area contributed by atoms with Crippen LogP contribution in [0, 0.1) is 0 Å². The van der Waals surface area contributed by atoms with Gasteiger partial charge in [-0.05, 0) is 18.2 Å². The Balaban J connectivity index is 2.00. The molecular weight excluding hydrogens is 242 g/mol. The molecule has 19 heavy (non-hydrogen) atoms. The number of nitrogens with one attached hydrogen (secondary N) is 2. The number of carbonyl (C=O) groups excluding carboxylic acids is 1. The molecule has 0 saturated heterocycles. The van der Waals surface area contributed by atoms with Crippen molar-refractivity contribution in [1.82, 2.24) is 15.2 Å². The number of hydrogen-bond acceptors (Lipinski definition) is 4. The van der Waals surface area contributed by atoms with Gasteiger partial charge < -0.3 is 11.1 Å². The van der Waals surface area contributed by atoms with Crippen LogP contribution in [0.25, 0.3) is 10.9 Å². The summed E-state index contributed by atoms with van der Waals surface area (Å²) in [6, 6.07) is 9.04. The first-order valence-electron chi connectivity index (χ1n) is 5.69. The molecule has 2 aromatic heterocycles. The number of carbonyl (C=O) groups is 1. The van der Waals surface area contributed by atoms with Crippen molar-refractivity contribution in [3.05, 3.63) is 48.3 Å². The number of aromatic nitrogens is 3. The maximum Gasteiger partial charge on any atom is 0.257 e. The summed E-state index contributed by atoms with van der Waals surface area (Å²) in [6.07, 6.45) is 3.14. The molecule has 0 saturated carbocycles. The van der Waals surface area contributed by atoms with E-state index in [1.807, 2.05) is 12.1 Å². The number of rotatable bonds is 2. The Morgan fingerprint density at radius 1 is 1.26 bits per heavy atom. The van der Waals surface area contributed by atoms with Crippen molar-refractivity contribution in [3.63, 3.8) is 0 Å². The third kappa shape index (κ3) is 1.99. The van der Waals surface area contributed by atoms with Gasteiger partial charge in [0.15, 0.2) is 5.82 Å². The van der Waals surface area contributed by atoms with E-state index in [2.05, 4.69) is 20.5 Å². The van der Waals surface area contributed by atoms with Crippen molar-refractivity contribution in [2.45, 2.75) is 0 Å². The lowest BCUT2D eigenvalue weighted by atomic mass is 10.1. The maximum atomic E-state index is 12.2. The van der Waals surface area contributed by atoms with Crippen LogP contribution in [0.15, 0.2) is 42.7 Å². The minimum atomic E-state index is -0.255. The molecule has 4 N–H and O–H groups in total. The summed E-state index contributed by atoms with van der Waals surface area (Å²) in [7, 11) is 0. The van der Waals surface area contributed by atoms with Gasteiger partial charge in [0.2, 0.25) is 0 Å². The molecule has 3 aromatic rings. The molecule has 0 atom stereocenters. The molecule has 0 bridgehead atoms. The second kappa shape index (κ2) is 4.41. The first-order chi connectivity index (χ1) is 9.25. The third-order valence-corrected chi connectivity index (χ3v) is 2.80. The number of aromatic amines is 1. The largest absolute Gasteiger partial charge is 0.394 e. The normalized spacial score (nSPS) is 10.5. The Labute approximate surface area is 108 Å². The minimum absolute atomic E-state index is 0.255. The van der Waals surface area contributed by atoms with Crippen molar-refractivity contribution < 1.29 is 4.79 Å².